The van der Waals surface area contributed by atoms with Gasteiger partial charge in [-0.3, -0.25) is 4.90 Å². The van der Waals surface area contributed by atoms with Gasteiger partial charge in [0.25, 0.3) is 0 Å². The topological polar surface area (TPSA) is 37.8 Å². The molecule has 1 aromatic heterocycles. The fourth-order valence-electron chi connectivity index (χ4n) is 3.60. The molecule has 3 heterocycles. The standard InChI is InChI=1S/C20H25N3O2/c1-2-6-19-17(5-1)8-10-23(19)12-11-22-13-14-24-18(15-22)16-25-20-7-3-4-9-21-20/h1-7,9,18H,8,10-16H2. The Balaban J connectivity index is 1.25. The van der Waals surface area contributed by atoms with E-state index in [1.165, 1.54) is 17.7 Å². The predicted molar refractivity (Wildman–Crippen MR) is 98.3 cm³/mol. The number of pyridine rings is 1. The summed E-state index contributed by atoms with van der Waals surface area (Å²) in [6.45, 7) is 6.52. The van der Waals surface area contributed by atoms with Gasteiger partial charge in [0, 0.05) is 50.7 Å². The van der Waals surface area contributed by atoms with Crippen LogP contribution in [0.15, 0.2) is 48.7 Å². The lowest BCUT2D eigenvalue weighted by Gasteiger charge is -2.34. The Morgan fingerprint density at radius 2 is 2.00 bits per heavy atom. The van der Waals surface area contributed by atoms with Crippen molar-refractivity contribution in [3.63, 3.8) is 0 Å². The molecule has 1 unspecified atom stereocenters. The Hall–Kier alpha value is -2.11. The highest BCUT2D eigenvalue weighted by molar-refractivity contribution is 5.57. The van der Waals surface area contributed by atoms with Crippen LogP contribution in [0.5, 0.6) is 5.88 Å². The Morgan fingerprint density at radius 3 is 2.92 bits per heavy atom. The minimum atomic E-state index is 0.113. The van der Waals surface area contributed by atoms with Crippen molar-refractivity contribution in [1.29, 1.82) is 0 Å². The number of hydrogen-bond acceptors (Lipinski definition) is 5. The van der Waals surface area contributed by atoms with Gasteiger partial charge >= 0.3 is 0 Å². The van der Waals surface area contributed by atoms with Crippen molar-refractivity contribution in [2.75, 3.05) is 50.8 Å². The van der Waals surface area contributed by atoms with Crippen molar-refractivity contribution in [3.8, 4) is 5.88 Å². The van der Waals surface area contributed by atoms with Crippen molar-refractivity contribution in [3.05, 3.63) is 54.2 Å². The molecule has 0 radical (unpaired) electrons. The van der Waals surface area contributed by atoms with Gasteiger partial charge in [0.15, 0.2) is 0 Å². The Labute approximate surface area is 149 Å². The van der Waals surface area contributed by atoms with Gasteiger partial charge in [-0.05, 0) is 24.1 Å². The zero-order valence-corrected chi connectivity index (χ0v) is 14.5. The van der Waals surface area contributed by atoms with Gasteiger partial charge in [0.2, 0.25) is 5.88 Å². The molecule has 132 valence electrons. The number of nitrogens with zero attached hydrogens (tertiary/aromatic N) is 3. The number of ether oxygens (including phenoxy) is 2. The molecule has 2 aliphatic rings. The van der Waals surface area contributed by atoms with Crippen molar-refractivity contribution in [1.82, 2.24) is 9.88 Å². The maximum Gasteiger partial charge on any atom is 0.213 e. The molecule has 1 fully saturated rings. The average molecular weight is 339 g/mol. The number of morpholine rings is 1. The number of aromatic nitrogens is 1. The second-order valence-corrected chi connectivity index (χ2v) is 6.64. The van der Waals surface area contributed by atoms with E-state index in [1.54, 1.807) is 6.20 Å². The minimum absolute atomic E-state index is 0.113. The van der Waals surface area contributed by atoms with Crippen molar-refractivity contribution in [2.24, 2.45) is 0 Å². The zero-order valence-electron chi connectivity index (χ0n) is 14.5. The third kappa shape index (κ3) is 4.11. The van der Waals surface area contributed by atoms with Crippen LogP contribution >= 0.6 is 0 Å². The number of fused-ring (bicyclic) bond motifs is 1. The zero-order chi connectivity index (χ0) is 16.9. The highest BCUT2D eigenvalue weighted by atomic mass is 16.5. The lowest BCUT2D eigenvalue weighted by molar-refractivity contribution is -0.0476. The highest BCUT2D eigenvalue weighted by Crippen LogP contribution is 2.27. The molecule has 1 atom stereocenters. The van der Waals surface area contributed by atoms with Crippen LogP contribution in [0.3, 0.4) is 0 Å². The molecule has 0 N–H and O–H groups in total. The van der Waals surface area contributed by atoms with Crippen LogP contribution in [0, 0.1) is 0 Å². The lowest BCUT2D eigenvalue weighted by Crippen LogP contribution is -2.47. The first-order chi connectivity index (χ1) is 12.4. The molecule has 1 saturated heterocycles. The Bertz CT molecular complexity index is 680. The second kappa shape index (κ2) is 7.85. The molecule has 0 amide bonds. The normalized spacial score (nSPS) is 20.5. The molecule has 1 aromatic carbocycles. The number of benzene rings is 1. The van der Waals surface area contributed by atoms with Crippen molar-refractivity contribution >= 4 is 5.69 Å². The molecule has 25 heavy (non-hydrogen) atoms. The third-order valence-corrected chi connectivity index (χ3v) is 4.95. The average Bonchev–Trinajstić information content (AvgIpc) is 3.09. The van der Waals surface area contributed by atoms with Gasteiger partial charge < -0.3 is 14.4 Å². The van der Waals surface area contributed by atoms with E-state index in [0.29, 0.717) is 12.5 Å². The maximum absolute atomic E-state index is 5.85. The van der Waals surface area contributed by atoms with E-state index in [1.807, 2.05) is 18.2 Å². The van der Waals surface area contributed by atoms with Gasteiger partial charge in [-0.1, -0.05) is 24.3 Å². The fraction of sp³-hybridized carbons (Fsp3) is 0.450. The van der Waals surface area contributed by atoms with Gasteiger partial charge in [0.05, 0.1) is 6.61 Å². The molecule has 5 heteroatoms. The van der Waals surface area contributed by atoms with Gasteiger partial charge in [-0.25, -0.2) is 4.98 Å². The Kier molecular flexibility index (Phi) is 5.14. The molecule has 0 aliphatic carbocycles. The molecule has 2 aliphatic heterocycles. The summed E-state index contributed by atoms with van der Waals surface area (Å²) >= 11 is 0. The van der Waals surface area contributed by atoms with E-state index in [-0.39, 0.29) is 6.10 Å². The van der Waals surface area contributed by atoms with Crippen LogP contribution in [0.25, 0.3) is 0 Å². The second-order valence-electron chi connectivity index (χ2n) is 6.64. The summed E-state index contributed by atoms with van der Waals surface area (Å²) in [5.41, 5.74) is 2.89. The molecule has 5 nitrogen and oxygen atoms in total. The van der Waals surface area contributed by atoms with E-state index >= 15 is 0 Å². The molecule has 4 rings (SSSR count). The van der Waals surface area contributed by atoms with E-state index in [9.17, 15) is 0 Å². The van der Waals surface area contributed by atoms with Crippen LogP contribution in [0.2, 0.25) is 0 Å². The van der Waals surface area contributed by atoms with Gasteiger partial charge in [-0.2, -0.15) is 0 Å². The molecule has 2 aromatic rings. The van der Waals surface area contributed by atoms with Crippen LogP contribution in [0.1, 0.15) is 5.56 Å². The van der Waals surface area contributed by atoms with Crippen molar-refractivity contribution < 1.29 is 9.47 Å². The smallest absolute Gasteiger partial charge is 0.213 e. The summed E-state index contributed by atoms with van der Waals surface area (Å²) in [5, 5.41) is 0. The summed E-state index contributed by atoms with van der Waals surface area (Å²) in [7, 11) is 0. The maximum atomic E-state index is 5.85. The van der Waals surface area contributed by atoms with Gasteiger partial charge in [-0.15, -0.1) is 0 Å². The van der Waals surface area contributed by atoms with Gasteiger partial charge in [0.1, 0.15) is 12.7 Å². The van der Waals surface area contributed by atoms with Crippen molar-refractivity contribution in [2.45, 2.75) is 12.5 Å². The quantitative estimate of drug-likeness (QED) is 0.807. The van der Waals surface area contributed by atoms with E-state index < -0.39 is 0 Å². The van der Waals surface area contributed by atoms with Crippen LogP contribution in [0.4, 0.5) is 5.69 Å². The molecule has 0 spiro atoms. The van der Waals surface area contributed by atoms with E-state index in [0.717, 1.165) is 39.3 Å². The van der Waals surface area contributed by atoms with Crippen LogP contribution in [-0.4, -0.2) is 61.9 Å². The summed E-state index contributed by atoms with van der Waals surface area (Å²) in [5.74, 6) is 0.664. The highest BCUT2D eigenvalue weighted by Gasteiger charge is 2.23. The first kappa shape index (κ1) is 16.4. The summed E-state index contributed by atoms with van der Waals surface area (Å²) in [4.78, 5) is 9.18. The SMILES string of the molecule is c1ccc(OCC2CN(CCN3CCc4ccccc43)CCO2)nc1. The number of hydrogen-bond donors (Lipinski definition) is 0. The molecule has 0 saturated carbocycles. The van der Waals surface area contributed by atoms with Crippen LogP contribution < -0.4 is 9.64 Å². The van der Waals surface area contributed by atoms with E-state index in [4.69, 9.17) is 9.47 Å². The number of para-hydroxylation sites is 1. The third-order valence-electron chi connectivity index (χ3n) is 4.95. The molecule has 0 bridgehead atoms. The Morgan fingerprint density at radius 1 is 1.08 bits per heavy atom. The lowest BCUT2D eigenvalue weighted by atomic mass is 10.2. The summed E-state index contributed by atoms with van der Waals surface area (Å²) < 4.78 is 11.6. The van der Waals surface area contributed by atoms with Crippen LogP contribution in [-0.2, 0) is 11.2 Å². The minimum Gasteiger partial charge on any atom is -0.475 e. The first-order valence-corrected chi connectivity index (χ1v) is 9.09. The fourth-order valence-corrected chi connectivity index (χ4v) is 3.60. The first-order valence-electron chi connectivity index (χ1n) is 9.09. The summed E-state index contributed by atoms with van der Waals surface area (Å²) in [6.07, 6.45) is 3.03. The summed E-state index contributed by atoms with van der Waals surface area (Å²) in [6, 6.07) is 14.5. The number of rotatable bonds is 6. The largest absolute Gasteiger partial charge is 0.475 e. The molecular formula is C20H25N3O2. The number of anilines is 1. The monoisotopic (exact) mass is 339 g/mol. The molecular weight excluding hydrogens is 314 g/mol. The predicted octanol–water partition coefficient (Wildman–Crippen LogP) is 2.22. The van der Waals surface area contributed by atoms with E-state index in [2.05, 4.69) is 39.0 Å².